The predicted molar refractivity (Wildman–Crippen MR) is 85.8 cm³/mol. The molecule has 0 saturated carbocycles. The van der Waals surface area contributed by atoms with E-state index in [1.165, 1.54) is 0 Å². The Morgan fingerprint density at radius 2 is 1.77 bits per heavy atom. The summed E-state index contributed by atoms with van der Waals surface area (Å²) in [6.07, 6.45) is 0. The summed E-state index contributed by atoms with van der Waals surface area (Å²) in [7, 11) is 0. The van der Waals surface area contributed by atoms with Gasteiger partial charge in [0.25, 0.3) is 0 Å². The minimum Gasteiger partial charge on any atom is -0.412 e. The van der Waals surface area contributed by atoms with Crippen molar-refractivity contribution in [2.45, 2.75) is 6.54 Å². The highest BCUT2D eigenvalue weighted by Gasteiger charge is 2.15. The summed E-state index contributed by atoms with van der Waals surface area (Å²) in [6.45, 7) is -0.0260. The van der Waals surface area contributed by atoms with Crippen LogP contribution in [0.1, 0.15) is 0 Å². The highest BCUT2D eigenvalue weighted by molar-refractivity contribution is 6.30. The molecule has 0 saturated heterocycles. The number of nitrogens with zero attached hydrogens (tertiary/aromatic N) is 3. The van der Waals surface area contributed by atoms with Crippen LogP contribution in [0.15, 0.2) is 36.4 Å². The number of benzene rings is 1. The molecule has 114 valence electrons. The maximum Gasteiger partial charge on any atom is 0.237 e. The Balaban J connectivity index is 0.00000176. The molecule has 8 heteroatoms. The first-order chi connectivity index (χ1) is 10.0. The van der Waals surface area contributed by atoms with Crippen LogP contribution in [-0.4, -0.2) is 25.9 Å². The minimum atomic E-state index is -0.480. The summed E-state index contributed by atoms with van der Waals surface area (Å²) < 4.78 is 1.65. The molecule has 1 aromatic carbocycles. The molecule has 0 fully saturated rings. The van der Waals surface area contributed by atoms with E-state index in [1.54, 1.807) is 28.8 Å². The number of primary amides is 1. The third-order valence-corrected chi connectivity index (χ3v) is 3.44. The number of rotatable bonds is 3. The number of aromatic nitrogens is 3. The number of carbonyl (C=O) groups is 1. The monoisotopic (exact) mass is 338 g/mol. The lowest BCUT2D eigenvalue weighted by Crippen LogP contribution is -2.19. The standard InChI is InChI=1S/C14H10Cl2N4O.H2O/c15-9-3-1-8(2-4-9)13-18-10-5-6-11(16)19-14(10)20(13)7-12(17)21;/h1-6H,7H2,(H2,17,21);1H2. The van der Waals surface area contributed by atoms with Gasteiger partial charge >= 0.3 is 0 Å². The number of hydrogen-bond donors (Lipinski definition) is 1. The summed E-state index contributed by atoms with van der Waals surface area (Å²) in [5, 5.41) is 0.952. The molecule has 0 bridgehead atoms. The van der Waals surface area contributed by atoms with Gasteiger partial charge in [0.15, 0.2) is 5.65 Å². The highest BCUT2D eigenvalue weighted by Crippen LogP contribution is 2.25. The summed E-state index contributed by atoms with van der Waals surface area (Å²) in [6, 6.07) is 10.6. The number of nitrogens with two attached hydrogens (primary N) is 1. The highest BCUT2D eigenvalue weighted by atomic mass is 35.5. The van der Waals surface area contributed by atoms with E-state index in [9.17, 15) is 4.79 Å². The Kier molecular flexibility index (Phi) is 4.65. The van der Waals surface area contributed by atoms with Crippen molar-refractivity contribution in [3.8, 4) is 11.4 Å². The van der Waals surface area contributed by atoms with Gasteiger partial charge in [-0.1, -0.05) is 23.2 Å². The van der Waals surface area contributed by atoms with Crippen LogP contribution in [0.2, 0.25) is 10.2 Å². The van der Waals surface area contributed by atoms with Crippen molar-refractivity contribution in [1.82, 2.24) is 14.5 Å². The van der Waals surface area contributed by atoms with Gasteiger partial charge in [0.05, 0.1) is 0 Å². The van der Waals surface area contributed by atoms with Gasteiger partial charge in [-0.05, 0) is 36.4 Å². The molecule has 3 aromatic rings. The zero-order chi connectivity index (χ0) is 15.0. The molecule has 0 spiro atoms. The van der Waals surface area contributed by atoms with E-state index in [4.69, 9.17) is 28.9 Å². The van der Waals surface area contributed by atoms with Crippen LogP contribution in [0.4, 0.5) is 0 Å². The van der Waals surface area contributed by atoms with Crippen LogP contribution < -0.4 is 5.73 Å². The number of fused-ring (bicyclic) bond motifs is 1. The first kappa shape index (κ1) is 16.2. The van der Waals surface area contributed by atoms with Crippen molar-refractivity contribution < 1.29 is 10.3 Å². The second kappa shape index (κ2) is 6.31. The molecule has 0 atom stereocenters. The first-order valence-corrected chi connectivity index (χ1v) is 6.87. The molecule has 1 amide bonds. The van der Waals surface area contributed by atoms with Crippen molar-refractivity contribution in [1.29, 1.82) is 0 Å². The summed E-state index contributed by atoms with van der Waals surface area (Å²) in [5.41, 5.74) is 7.29. The van der Waals surface area contributed by atoms with Gasteiger partial charge in [-0.3, -0.25) is 9.36 Å². The number of amides is 1. The van der Waals surface area contributed by atoms with Crippen LogP contribution in [0.5, 0.6) is 0 Å². The number of pyridine rings is 1. The van der Waals surface area contributed by atoms with Crippen LogP contribution in [0, 0.1) is 0 Å². The molecule has 4 N–H and O–H groups in total. The van der Waals surface area contributed by atoms with Crippen molar-refractivity contribution in [3.05, 3.63) is 46.6 Å². The molecule has 22 heavy (non-hydrogen) atoms. The molecule has 0 aliphatic rings. The summed E-state index contributed by atoms with van der Waals surface area (Å²) in [4.78, 5) is 20.0. The number of halogens is 2. The van der Waals surface area contributed by atoms with E-state index in [-0.39, 0.29) is 12.0 Å². The van der Waals surface area contributed by atoms with Crippen LogP contribution in [-0.2, 0) is 11.3 Å². The molecule has 2 aromatic heterocycles. The molecule has 0 aliphatic carbocycles. The van der Waals surface area contributed by atoms with E-state index in [0.29, 0.717) is 27.2 Å². The van der Waals surface area contributed by atoms with E-state index >= 15 is 0 Å². The van der Waals surface area contributed by atoms with E-state index in [0.717, 1.165) is 5.56 Å². The third kappa shape index (κ3) is 3.04. The second-order valence-corrected chi connectivity index (χ2v) is 5.30. The molecule has 0 unspecified atom stereocenters. The quantitative estimate of drug-likeness (QED) is 0.738. The van der Waals surface area contributed by atoms with Crippen molar-refractivity contribution in [3.63, 3.8) is 0 Å². The maximum atomic E-state index is 11.3. The SMILES string of the molecule is NC(=O)Cn1c(-c2ccc(Cl)cc2)nc2ccc(Cl)nc21.O. The van der Waals surface area contributed by atoms with Crippen LogP contribution in [0.25, 0.3) is 22.6 Å². The first-order valence-electron chi connectivity index (χ1n) is 6.11. The molecule has 0 aliphatic heterocycles. The van der Waals surface area contributed by atoms with Gasteiger partial charge in [0.2, 0.25) is 5.91 Å². The topological polar surface area (TPSA) is 105 Å². The Morgan fingerprint density at radius 3 is 2.41 bits per heavy atom. The largest absolute Gasteiger partial charge is 0.412 e. The Labute approximate surface area is 135 Å². The van der Waals surface area contributed by atoms with Gasteiger partial charge in [0.1, 0.15) is 23.0 Å². The molecule has 0 radical (unpaired) electrons. The Bertz CT molecular complexity index is 831. The normalized spacial score (nSPS) is 10.5. The third-order valence-electron chi connectivity index (χ3n) is 2.97. The predicted octanol–water partition coefficient (Wildman–Crippen LogP) is 2.07. The number of hydrogen-bond acceptors (Lipinski definition) is 3. The molecule has 6 nitrogen and oxygen atoms in total. The smallest absolute Gasteiger partial charge is 0.237 e. The van der Waals surface area contributed by atoms with Gasteiger partial charge in [-0.25, -0.2) is 9.97 Å². The average molecular weight is 339 g/mol. The van der Waals surface area contributed by atoms with E-state index in [2.05, 4.69) is 9.97 Å². The van der Waals surface area contributed by atoms with Gasteiger partial charge < -0.3 is 11.2 Å². The van der Waals surface area contributed by atoms with Crippen LogP contribution in [0.3, 0.4) is 0 Å². The lowest BCUT2D eigenvalue weighted by atomic mass is 10.2. The average Bonchev–Trinajstić information content (AvgIpc) is 2.77. The Morgan fingerprint density at radius 1 is 1.09 bits per heavy atom. The maximum absolute atomic E-state index is 11.3. The molecule has 3 rings (SSSR count). The Hall–Kier alpha value is -2.15. The molecule has 2 heterocycles. The number of imidazole rings is 1. The lowest BCUT2D eigenvalue weighted by Gasteiger charge is -2.06. The fourth-order valence-corrected chi connectivity index (χ4v) is 2.37. The van der Waals surface area contributed by atoms with Crippen molar-refractivity contribution in [2.24, 2.45) is 5.73 Å². The molecular weight excluding hydrogens is 327 g/mol. The summed E-state index contributed by atoms with van der Waals surface area (Å²) >= 11 is 11.8. The zero-order valence-electron chi connectivity index (χ0n) is 11.3. The van der Waals surface area contributed by atoms with Crippen LogP contribution >= 0.6 is 23.2 Å². The second-order valence-electron chi connectivity index (χ2n) is 4.47. The van der Waals surface area contributed by atoms with Gasteiger partial charge in [-0.2, -0.15) is 0 Å². The number of carbonyl (C=O) groups excluding carboxylic acids is 1. The molecular formula is C14H12Cl2N4O2. The fraction of sp³-hybridized carbons (Fsp3) is 0.0714. The van der Waals surface area contributed by atoms with Gasteiger partial charge in [-0.15, -0.1) is 0 Å². The lowest BCUT2D eigenvalue weighted by molar-refractivity contribution is -0.118. The van der Waals surface area contributed by atoms with Crippen molar-refractivity contribution in [2.75, 3.05) is 0 Å². The van der Waals surface area contributed by atoms with Crippen molar-refractivity contribution >= 4 is 40.3 Å². The fourth-order valence-electron chi connectivity index (χ4n) is 2.10. The minimum absolute atomic E-state index is 0. The zero-order valence-corrected chi connectivity index (χ0v) is 12.8. The summed E-state index contributed by atoms with van der Waals surface area (Å²) in [5.74, 6) is 0.113. The van der Waals surface area contributed by atoms with E-state index < -0.39 is 5.91 Å². The van der Waals surface area contributed by atoms with Gasteiger partial charge in [0, 0.05) is 10.6 Å². The van der Waals surface area contributed by atoms with E-state index in [1.807, 2.05) is 12.1 Å².